The number of esters is 1. The molecular formula is C22H21FN4O3. The van der Waals surface area contributed by atoms with Crippen molar-refractivity contribution in [2.24, 2.45) is 0 Å². The predicted molar refractivity (Wildman–Crippen MR) is 111 cm³/mol. The van der Waals surface area contributed by atoms with E-state index in [-0.39, 0.29) is 5.91 Å². The van der Waals surface area contributed by atoms with Crippen LogP contribution >= 0.6 is 0 Å². The van der Waals surface area contributed by atoms with E-state index in [0.717, 1.165) is 5.56 Å². The van der Waals surface area contributed by atoms with Gasteiger partial charge in [-0.05, 0) is 42.0 Å². The molecule has 0 atom stereocenters. The van der Waals surface area contributed by atoms with Crippen molar-refractivity contribution in [2.75, 3.05) is 24.3 Å². The topological polar surface area (TPSA) is 84.4 Å². The molecule has 0 aliphatic rings. The Kier molecular flexibility index (Phi) is 6.36. The second-order valence-electron chi connectivity index (χ2n) is 6.80. The zero-order valence-corrected chi connectivity index (χ0v) is 16.8. The Labute approximate surface area is 173 Å². The standard InChI is InChI=1S/C22H21FN4O3/c1-14(28)30-19-13-24-20(26-21(19)27(2)3)12-15-4-10-18(11-5-15)25-22(29)16-6-8-17(23)9-7-16/h4-11,13H,12H2,1-3H3,(H,25,29). The molecule has 154 valence electrons. The number of nitrogens with one attached hydrogen (secondary N) is 1. The number of hydrogen-bond donors (Lipinski definition) is 1. The van der Waals surface area contributed by atoms with Crippen LogP contribution in [0.2, 0.25) is 0 Å². The molecule has 1 heterocycles. The number of amides is 1. The molecule has 0 unspecified atom stereocenters. The Hall–Kier alpha value is -3.81. The molecule has 0 aliphatic carbocycles. The van der Waals surface area contributed by atoms with Gasteiger partial charge in [-0.25, -0.2) is 14.4 Å². The van der Waals surface area contributed by atoms with E-state index < -0.39 is 11.8 Å². The number of hydrogen-bond acceptors (Lipinski definition) is 6. The average Bonchev–Trinajstić information content (AvgIpc) is 2.70. The van der Waals surface area contributed by atoms with Gasteiger partial charge in [0.15, 0.2) is 11.6 Å². The summed E-state index contributed by atoms with van der Waals surface area (Å²) in [5.74, 6) is 0.234. The molecule has 1 amide bonds. The lowest BCUT2D eigenvalue weighted by Gasteiger charge is -2.16. The summed E-state index contributed by atoms with van der Waals surface area (Å²) in [5.41, 5.74) is 1.94. The van der Waals surface area contributed by atoms with Crippen LogP contribution in [-0.4, -0.2) is 35.9 Å². The van der Waals surface area contributed by atoms with Crippen molar-refractivity contribution in [1.82, 2.24) is 9.97 Å². The predicted octanol–water partition coefficient (Wildman–Crippen LogP) is 3.45. The van der Waals surface area contributed by atoms with E-state index in [0.29, 0.717) is 35.1 Å². The number of halogens is 1. The van der Waals surface area contributed by atoms with E-state index in [2.05, 4.69) is 15.3 Å². The van der Waals surface area contributed by atoms with Gasteiger partial charge in [-0.3, -0.25) is 9.59 Å². The van der Waals surface area contributed by atoms with Gasteiger partial charge in [0.05, 0.1) is 6.20 Å². The van der Waals surface area contributed by atoms with Gasteiger partial charge in [0.2, 0.25) is 0 Å². The molecule has 7 nitrogen and oxygen atoms in total. The molecular weight excluding hydrogens is 387 g/mol. The molecule has 1 N–H and O–H groups in total. The van der Waals surface area contributed by atoms with Crippen LogP contribution in [0.15, 0.2) is 54.7 Å². The number of nitrogens with zero attached hydrogens (tertiary/aromatic N) is 3. The molecule has 0 bridgehead atoms. The van der Waals surface area contributed by atoms with Crippen molar-refractivity contribution in [3.05, 3.63) is 77.5 Å². The van der Waals surface area contributed by atoms with Gasteiger partial charge < -0.3 is 15.0 Å². The van der Waals surface area contributed by atoms with E-state index in [1.807, 2.05) is 12.1 Å². The van der Waals surface area contributed by atoms with Crippen LogP contribution in [-0.2, 0) is 11.2 Å². The molecule has 3 rings (SSSR count). The highest BCUT2D eigenvalue weighted by molar-refractivity contribution is 6.04. The fourth-order valence-electron chi connectivity index (χ4n) is 2.72. The lowest BCUT2D eigenvalue weighted by molar-refractivity contribution is -0.131. The SMILES string of the molecule is CC(=O)Oc1cnc(Cc2ccc(NC(=O)c3ccc(F)cc3)cc2)nc1N(C)C. The zero-order chi connectivity index (χ0) is 21.7. The van der Waals surface area contributed by atoms with Gasteiger partial charge in [0.25, 0.3) is 5.91 Å². The largest absolute Gasteiger partial charge is 0.421 e. The Morgan fingerprint density at radius 3 is 2.33 bits per heavy atom. The molecule has 3 aromatic rings. The van der Waals surface area contributed by atoms with Crippen molar-refractivity contribution in [2.45, 2.75) is 13.3 Å². The first-order valence-corrected chi connectivity index (χ1v) is 9.19. The molecule has 0 aliphatic heterocycles. The minimum absolute atomic E-state index is 0.301. The summed E-state index contributed by atoms with van der Waals surface area (Å²) in [5, 5.41) is 2.77. The summed E-state index contributed by atoms with van der Waals surface area (Å²) in [7, 11) is 3.61. The van der Waals surface area contributed by atoms with Crippen LogP contribution in [0.5, 0.6) is 5.75 Å². The first-order valence-electron chi connectivity index (χ1n) is 9.19. The number of carbonyl (C=O) groups excluding carboxylic acids is 2. The normalized spacial score (nSPS) is 10.4. The van der Waals surface area contributed by atoms with Crippen LogP contribution in [0.1, 0.15) is 28.7 Å². The lowest BCUT2D eigenvalue weighted by Crippen LogP contribution is -2.16. The first-order chi connectivity index (χ1) is 14.3. The molecule has 0 spiro atoms. The van der Waals surface area contributed by atoms with Crippen molar-refractivity contribution in [3.8, 4) is 5.75 Å². The number of rotatable bonds is 6. The van der Waals surface area contributed by atoms with Crippen LogP contribution < -0.4 is 15.0 Å². The molecule has 2 aromatic carbocycles. The third-order valence-electron chi connectivity index (χ3n) is 4.14. The van der Waals surface area contributed by atoms with Crippen molar-refractivity contribution < 1.29 is 18.7 Å². The zero-order valence-electron chi connectivity index (χ0n) is 16.8. The number of anilines is 2. The molecule has 0 radical (unpaired) electrons. The Balaban J connectivity index is 1.69. The van der Waals surface area contributed by atoms with E-state index in [9.17, 15) is 14.0 Å². The highest BCUT2D eigenvalue weighted by Crippen LogP contribution is 2.24. The maximum absolute atomic E-state index is 13.0. The number of carbonyl (C=O) groups is 2. The number of ether oxygens (including phenoxy) is 1. The smallest absolute Gasteiger partial charge is 0.308 e. The van der Waals surface area contributed by atoms with Crippen LogP contribution in [0, 0.1) is 5.82 Å². The Morgan fingerprint density at radius 2 is 1.73 bits per heavy atom. The average molecular weight is 408 g/mol. The molecule has 30 heavy (non-hydrogen) atoms. The Bertz CT molecular complexity index is 1050. The highest BCUT2D eigenvalue weighted by Gasteiger charge is 2.13. The third kappa shape index (κ3) is 5.38. The van der Waals surface area contributed by atoms with Gasteiger partial charge >= 0.3 is 5.97 Å². The van der Waals surface area contributed by atoms with Gasteiger partial charge in [0.1, 0.15) is 11.6 Å². The van der Waals surface area contributed by atoms with Crippen molar-refractivity contribution in [3.63, 3.8) is 0 Å². The fourth-order valence-corrected chi connectivity index (χ4v) is 2.72. The maximum Gasteiger partial charge on any atom is 0.308 e. The van der Waals surface area contributed by atoms with Gasteiger partial charge in [-0.15, -0.1) is 0 Å². The second kappa shape index (κ2) is 9.13. The van der Waals surface area contributed by atoms with E-state index >= 15 is 0 Å². The van der Waals surface area contributed by atoms with Crippen molar-refractivity contribution in [1.29, 1.82) is 0 Å². The van der Waals surface area contributed by atoms with Crippen LogP contribution in [0.25, 0.3) is 0 Å². The maximum atomic E-state index is 13.0. The minimum Gasteiger partial charge on any atom is -0.421 e. The lowest BCUT2D eigenvalue weighted by atomic mass is 10.1. The Morgan fingerprint density at radius 1 is 1.07 bits per heavy atom. The molecule has 8 heteroatoms. The first kappa shape index (κ1) is 20.9. The van der Waals surface area contributed by atoms with Gasteiger partial charge in [0, 0.05) is 38.7 Å². The molecule has 0 fully saturated rings. The molecule has 0 saturated heterocycles. The number of benzene rings is 2. The number of aromatic nitrogens is 2. The van der Waals surface area contributed by atoms with Crippen LogP contribution in [0.3, 0.4) is 0 Å². The highest BCUT2D eigenvalue weighted by atomic mass is 19.1. The second-order valence-corrected chi connectivity index (χ2v) is 6.80. The summed E-state index contributed by atoms with van der Waals surface area (Å²) in [6.45, 7) is 1.32. The van der Waals surface area contributed by atoms with Gasteiger partial charge in [-0.2, -0.15) is 0 Å². The van der Waals surface area contributed by atoms with E-state index in [1.54, 1.807) is 31.1 Å². The molecule has 1 aromatic heterocycles. The summed E-state index contributed by atoms with van der Waals surface area (Å²) in [6.07, 6.45) is 1.95. The van der Waals surface area contributed by atoms with E-state index in [1.165, 1.54) is 37.4 Å². The van der Waals surface area contributed by atoms with Crippen LogP contribution in [0.4, 0.5) is 15.9 Å². The molecule has 0 saturated carbocycles. The minimum atomic E-state index is -0.437. The summed E-state index contributed by atoms with van der Waals surface area (Å²) in [6, 6.07) is 12.6. The summed E-state index contributed by atoms with van der Waals surface area (Å²) < 4.78 is 18.1. The summed E-state index contributed by atoms with van der Waals surface area (Å²) in [4.78, 5) is 33.9. The fraction of sp³-hybridized carbons (Fsp3) is 0.182. The quantitative estimate of drug-likeness (QED) is 0.629. The monoisotopic (exact) mass is 408 g/mol. The third-order valence-corrected chi connectivity index (χ3v) is 4.14. The summed E-state index contributed by atoms with van der Waals surface area (Å²) >= 11 is 0. The van der Waals surface area contributed by atoms with E-state index in [4.69, 9.17) is 4.74 Å². The van der Waals surface area contributed by atoms with Crippen molar-refractivity contribution >= 4 is 23.4 Å². The van der Waals surface area contributed by atoms with Gasteiger partial charge in [-0.1, -0.05) is 12.1 Å².